The Morgan fingerprint density at radius 2 is 1.84 bits per heavy atom. The molecule has 166 valence electrons. The van der Waals surface area contributed by atoms with Crippen molar-refractivity contribution in [1.29, 1.82) is 0 Å². The van der Waals surface area contributed by atoms with Crippen LogP contribution in [0.15, 0.2) is 60.7 Å². The van der Waals surface area contributed by atoms with Crippen molar-refractivity contribution in [2.45, 2.75) is 44.6 Å². The fraction of sp³-hybridized carbons (Fsp3) is 0.333. The summed E-state index contributed by atoms with van der Waals surface area (Å²) in [4.78, 5) is 16.7. The van der Waals surface area contributed by atoms with Gasteiger partial charge in [-0.05, 0) is 78.1 Å². The van der Waals surface area contributed by atoms with Crippen LogP contribution in [-0.4, -0.2) is 34.5 Å². The van der Waals surface area contributed by atoms with E-state index in [1.807, 2.05) is 24.0 Å². The van der Waals surface area contributed by atoms with Crippen LogP contribution in [0.3, 0.4) is 0 Å². The van der Waals surface area contributed by atoms with Crippen molar-refractivity contribution >= 4 is 18.0 Å². The second-order valence-electron chi connectivity index (χ2n) is 8.62. The summed E-state index contributed by atoms with van der Waals surface area (Å²) in [6, 6.07) is 20.7. The zero-order chi connectivity index (χ0) is 22.5. The first kappa shape index (κ1) is 22.5. The zero-order valence-corrected chi connectivity index (χ0v) is 19.1. The quantitative estimate of drug-likeness (QED) is 0.401. The lowest BCUT2D eigenvalue weighted by Gasteiger charge is -2.17. The number of pyridine rings is 1. The molecule has 1 atom stereocenters. The summed E-state index contributed by atoms with van der Waals surface area (Å²) in [5.41, 5.74) is 7.06. The number of carbonyl (C=O) groups excluding carboxylic acids is 1. The molecule has 3 aromatic rings. The second kappa shape index (κ2) is 10.3. The Balaban J connectivity index is 0.000000260. The Morgan fingerprint density at radius 1 is 1.03 bits per heavy atom. The Labute approximate surface area is 194 Å². The highest BCUT2D eigenvalue weighted by molar-refractivity contribution is 6.29. The van der Waals surface area contributed by atoms with Crippen LogP contribution in [0, 0.1) is 6.92 Å². The molecule has 1 aliphatic heterocycles. The fourth-order valence-corrected chi connectivity index (χ4v) is 4.67. The van der Waals surface area contributed by atoms with Gasteiger partial charge in [-0.2, -0.15) is 0 Å². The highest BCUT2D eigenvalue weighted by atomic mass is 35.5. The van der Waals surface area contributed by atoms with Crippen LogP contribution in [-0.2, 0) is 11.4 Å². The normalized spacial score (nSPS) is 17.6. The molecule has 1 aliphatic carbocycles. The number of aromatic nitrogens is 1. The van der Waals surface area contributed by atoms with Gasteiger partial charge >= 0.3 is 0 Å². The minimum Gasteiger partial charge on any atom is -0.392 e. The molecule has 0 radical (unpaired) electrons. The first-order chi connectivity index (χ1) is 15.6. The Kier molecular flexibility index (Phi) is 7.23. The molecular formula is C27H29ClN2O2. The predicted molar refractivity (Wildman–Crippen MR) is 129 cm³/mol. The van der Waals surface area contributed by atoms with Gasteiger partial charge < -0.3 is 10.0 Å². The summed E-state index contributed by atoms with van der Waals surface area (Å²) < 4.78 is 0. The van der Waals surface area contributed by atoms with Gasteiger partial charge in [0.05, 0.1) is 6.61 Å². The van der Waals surface area contributed by atoms with Crippen molar-refractivity contribution < 1.29 is 9.90 Å². The molecule has 2 aliphatic rings. The first-order valence-corrected chi connectivity index (χ1v) is 11.6. The molecule has 2 fully saturated rings. The van der Waals surface area contributed by atoms with E-state index in [0.717, 1.165) is 37.2 Å². The fourth-order valence-electron chi connectivity index (χ4n) is 4.47. The summed E-state index contributed by atoms with van der Waals surface area (Å²) in [7, 11) is 0. The summed E-state index contributed by atoms with van der Waals surface area (Å²) >= 11 is 5.53. The summed E-state index contributed by atoms with van der Waals surface area (Å²) in [5, 5.41) is 10.4. The molecule has 32 heavy (non-hydrogen) atoms. The van der Waals surface area contributed by atoms with E-state index in [1.165, 1.54) is 35.1 Å². The van der Waals surface area contributed by atoms with Gasteiger partial charge in [0, 0.05) is 24.7 Å². The lowest BCUT2D eigenvalue weighted by Crippen LogP contribution is -2.17. The average molecular weight is 449 g/mol. The molecular weight excluding hydrogens is 420 g/mol. The number of benzene rings is 2. The number of aliphatic hydroxyl groups is 1. The third kappa shape index (κ3) is 5.37. The van der Waals surface area contributed by atoms with Crippen molar-refractivity contribution in [3.63, 3.8) is 0 Å². The molecule has 1 amide bonds. The van der Waals surface area contributed by atoms with Crippen molar-refractivity contribution in [1.82, 2.24) is 9.88 Å². The minimum atomic E-state index is 0.0480. The minimum absolute atomic E-state index is 0.0480. The smallest absolute Gasteiger partial charge is 0.209 e. The van der Waals surface area contributed by atoms with E-state index in [9.17, 15) is 9.90 Å². The number of hydrogen-bond donors (Lipinski definition) is 1. The SMILES string of the molecule is Cc1cccc(Cl)n1.O=CN1CCC(c2ccc(-c3ccccc3C3CC3)cc2CO)C1. The van der Waals surface area contributed by atoms with Gasteiger partial charge in [-0.1, -0.05) is 54.1 Å². The number of hydrogen-bond acceptors (Lipinski definition) is 3. The monoisotopic (exact) mass is 448 g/mol. The Bertz CT molecular complexity index is 1060. The molecule has 0 spiro atoms. The maximum Gasteiger partial charge on any atom is 0.209 e. The van der Waals surface area contributed by atoms with Crippen LogP contribution < -0.4 is 0 Å². The van der Waals surface area contributed by atoms with Crippen molar-refractivity contribution in [3.05, 3.63) is 88.2 Å². The molecule has 1 unspecified atom stereocenters. The molecule has 1 saturated carbocycles. The number of aliphatic hydroxyl groups excluding tert-OH is 1. The maximum atomic E-state index is 11.0. The van der Waals surface area contributed by atoms with Crippen molar-refractivity contribution in [2.75, 3.05) is 13.1 Å². The maximum absolute atomic E-state index is 11.0. The molecule has 4 nitrogen and oxygen atoms in total. The van der Waals surface area contributed by atoms with Gasteiger partial charge in [0.15, 0.2) is 0 Å². The molecule has 0 bridgehead atoms. The van der Waals surface area contributed by atoms with Gasteiger partial charge in [0.1, 0.15) is 5.15 Å². The number of rotatable bonds is 5. The number of aryl methyl sites for hydroxylation is 1. The van der Waals surface area contributed by atoms with Crippen LogP contribution in [0.1, 0.15) is 53.5 Å². The molecule has 1 saturated heterocycles. The lowest BCUT2D eigenvalue weighted by molar-refractivity contribution is -0.117. The van der Waals surface area contributed by atoms with Crippen LogP contribution in [0.2, 0.25) is 5.15 Å². The van der Waals surface area contributed by atoms with E-state index < -0.39 is 0 Å². The van der Waals surface area contributed by atoms with Crippen LogP contribution >= 0.6 is 11.6 Å². The third-order valence-electron chi connectivity index (χ3n) is 6.27. The molecule has 1 aromatic heterocycles. The van der Waals surface area contributed by atoms with Crippen LogP contribution in [0.4, 0.5) is 0 Å². The highest BCUT2D eigenvalue weighted by Crippen LogP contribution is 2.44. The van der Waals surface area contributed by atoms with E-state index in [2.05, 4.69) is 47.4 Å². The third-order valence-corrected chi connectivity index (χ3v) is 6.48. The van der Waals surface area contributed by atoms with Gasteiger partial charge in [-0.25, -0.2) is 4.98 Å². The molecule has 5 heteroatoms. The number of halogens is 1. The van der Waals surface area contributed by atoms with E-state index in [4.69, 9.17) is 11.6 Å². The Morgan fingerprint density at radius 3 is 2.47 bits per heavy atom. The molecule has 2 aromatic carbocycles. The molecule has 2 heterocycles. The van der Waals surface area contributed by atoms with Crippen molar-refractivity contribution in [2.24, 2.45) is 0 Å². The Hall–Kier alpha value is -2.69. The first-order valence-electron chi connectivity index (χ1n) is 11.2. The number of nitrogens with zero attached hydrogens (tertiary/aromatic N) is 2. The topological polar surface area (TPSA) is 53.4 Å². The van der Waals surface area contributed by atoms with Gasteiger partial charge in [-0.3, -0.25) is 4.79 Å². The van der Waals surface area contributed by atoms with E-state index >= 15 is 0 Å². The molecule has 5 rings (SSSR count). The number of carbonyl (C=O) groups is 1. The van der Waals surface area contributed by atoms with Crippen LogP contribution in [0.25, 0.3) is 11.1 Å². The average Bonchev–Trinajstić information content (AvgIpc) is 3.55. The van der Waals surface area contributed by atoms with Gasteiger partial charge in [0.25, 0.3) is 0 Å². The van der Waals surface area contributed by atoms with E-state index in [-0.39, 0.29) is 6.61 Å². The lowest BCUT2D eigenvalue weighted by atomic mass is 9.89. The molecule has 1 N–H and O–H groups in total. The van der Waals surface area contributed by atoms with Crippen molar-refractivity contribution in [3.8, 4) is 11.1 Å². The van der Waals surface area contributed by atoms with Gasteiger partial charge in [-0.15, -0.1) is 0 Å². The summed E-state index contributed by atoms with van der Waals surface area (Å²) in [5.74, 6) is 1.04. The highest BCUT2D eigenvalue weighted by Gasteiger charge is 2.27. The largest absolute Gasteiger partial charge is 0.392 e. The zero-order valence-electron chi connectivity index (χ0n) is 18.4. The summed E-state index contributed by atoms with van der Waals surface area (Å²) in [6.07, 6.45) is 4.47. The number of amides is 1. The van der Waals surface area contributed by atoms with Crippen LogP contribution in [0.5, 0.6) is 0 Å². The standard InChI is InChI=1S/C21H23NO2.C6H6ClN/c23-13-18-11-16(21-4-2-1-3-20(21)15-5-6-15)7-8-19(18)17-9-10-22(12-17)14-24;1-5-3-2-4-6(7)8-5/h1-4,7-8,11,14-15,17,23H,5-6,9-10,12-13H2;2-4H,1H3. The predicted octanol–water partition coefficient (Wildman–Crippen LogP) is 5.71. The second-order valence-corrected chi connectivity index (χ2v) is 9.01. The van der Waals surface area contributed by atoms with E-state index in [0.29, 0.717) is 17.0 Å². The number of likely N-dealkylation sites (tertiary alicyclic amines) is 1. The summed E-state index contributed by atoms with van der Waals surface area (Å²) in [6.45, 7) is 3.53. The van der Waals surface area contributed by atoms with E-state index in [1.54, 1.807) is 6.07 Å². The van der Waals surface area contributed by atoms with Gasteiger partial charge in [0.2, 0.25) is 6.41 Å².